The van der Waals surface area contributed by atoms with E-state index in [1.807, 2.05) is 6.92 Å². The fourth-order valence-electron chi connectivity index (χ4n) is 1.73. The summed E-state index contributed by atoms with van der Waals surface area (Å²) < 4.78 is 22.6. The van der Waals surface area contributed by atoms with Crippen LogP contribution in [-0.4, -0.2) is 25.1 Å². The van der Waals surface area contributed by atoms with E-state index in [0.29, 0.717) is 16.5 Å². The maximum absolute atomic E-state index is 12.7. The van der Waals surface area contributed by atoms with Crippen LogP contribution in [0.5, 0.6) is 5.75 Å². The topological polar surface area (TPSA) is 64.6 Å². The maximum atomic E-state index is 12.7. The third kappa shape index (κ3) is 5.55. The fourth-order valence-corrected chi connectivity index (χ4v) is 1.91. The second-order valence-corrected chi connectivity index (χ2v) is 5.32. The lowest BCUT2D eigenvalue weighted by atomic mass is 10.2. The highest BCUT2D eigenvalue weighted by Gasteiger charge is 2.09. The summed E-state index contributed by atoms with van der Waals surface area (Å²) in [6.45, 7) is 1.02. The molecule has 1 amide bonds. The van der Waals surface area contributed by atoms with Crippen molar-refractivity contribution in [1.82, 2.24) is 0 Å². The lowest BCUT2D eigenvalue weighted by molar-refractivity contribution is -0.149. The first kappa shape index (κ1) is 17.7. The van der Waals surface area contributed by atoms with Gasteiger partial charge in [0.2, 0.25) is 0 Å². The summed E-state index contributed by atoms with van der Waals surface area (Å²) in [6.07, 6.45) is 0. The Balaban J connectivity index is 1.73. The highest BCUT2D eigenvalue weighted by molar-refractivity contribution is 6.31. The molecule has 0 heterocycles. The number of carbonyl (C=O) groups excluding carboxylic acids is 2. The van der Waals surface area contributed by atoms with E-state index in [1.165, 1.54) is 24.3 Å². The van der Waals surface area contributed by atoms with E-state index >= 15 is 0 Å². The van der Waals surface area contributed by atoms with Gasteiger partial charge in [-0.25, -0.2) is 9.18 Å². The minimum Gasteiger partial charge on any atom is -0.482 e. The summed E-state index contributed by atoms with van der Waals surface area (Å²) >= 11 is 5.96. The molecule has 0 aliphatic rings. The van der Waals surface area contributed by atoms with Crippen LogP contribution in [0.4, 0.5) is 10.1 Å². The van der Waals surface area contributed by atoms with Gasteiger partial charge in [-0.15, -0.1) is 0 Å². The smallest absolute Gasteiger partial charge is 0.344 e. The van der Waals surface area contributed by atoms with E-state index in [2.05, 4.69) is 5.32 Å². The summed E-state index contributed by atoms with van der Waals surface area (Å²) in [7, 11) is 0. The van der Waals surface area contributed by atoms with Gasteiger partial charge < -0.3 is 14.8 Å². The molecule has 0 unspecified atom stereocenters. The third-order valence-corrected chi connectivity index (χ3v) is 3.40. The first-order valence-electron chi connectivity index (χ1n) is 7.04. The molecule has 0 bridgehead atoms. The molecule has 0 aliphatic heterocycles. The summed E-state index contributed by atoms with van der Waals surface area (Å²) in [5.74, 6) is -1.29. The zero-order chi connectivity index (χ0) is 17.5. The van der Waals surface area contributed by atoms with Crippen molar-refractivity contribution in [2.75, 3.05) is 18.5 Å². The van der Waals surface area contributed by atoms with Crippen LogP contribution in [0, 0.1) is 12.7 Å². The summed E-state index contributed by atoms with van der Waals surface area (Å²) in [5.41, 5.74) is 1.40. The van der Waals surface area contributed by atoms with Gasteiger partial charge in [0.25, 0.3) is 5.91 Å². The van der Waals surface area contributed by atoms with E-state index < -0.39 is 24.3 Å². The molecule has 0 aromatic heterocycles. The van der Waals surface area contributed by atoms with Gasteiger partial charge in [-0.1, -0.05) is 17.7 Å². The van der Waals surface area contributed by atoms with E-state index in [9.17, 15) is 14.0 Å². The van der Waals surface area contributed by atoms with E-state index in [-0.39, 0.29) is 6.61 Å². The zero-order valence-corrected chi connectivity index (χ0v) is 13.6. The van der Waals surface area contributed by atoms with Crippen molar-refractivity contribution < 1.29 is 23.5 Å². The predicted molar refractivity (Wildman–Crippen MR) is 87.7 cm³/mol. The number of aryl methyl sites for hydroxylation is 1. The molecule has 0 atom stereocenters. The zero-order valence-electron chi connectivity index (χ0n) is 12.8. The van der Waals surface area contributed by atoms with Gasteiger partial charge in [0.15, 0.2) is 13.2 Å². The number of carbonyl (C=O) groups is 2. The average Bonchev–Trinajstić information content (AvgIpc) is 2.56. The number of hydrogen-bond acceptors (Lipinski definition) is 4. The van der Waals surface area contributed by atoms with Gasteiger partial charge in [-0.2, -0.15) is 0 Å². The SMILES string of the molecule is Cc1ccc(NC(=O)COC(=O)COc2ccc(F)cc2)cc1Cl. The number of amides is 1. The molecule has 126 valence electrons. The molecular weight excluding hydrogens is 337 g/mol. The van der Waals surface area contributed by atoms with Crippen LogP contribution < -0.4 is 10.1 Å². The number of benzene rings is 2. The van der Waals surface area contributed by atoms with Crippen LogP contribution in [0.2, 0.25) is 5.02 Å². The van der Waals surface area contributed by atoms with Crippen LogP contribution in [0.3, 0.4) is 0 Å². The minimum atomic E-state index is -0.712. The van der Waals surface area contributed by atoms with Crippen molar-refractivity contribution in [1.29, 1.82) is 0 Å². The monoisotopic (exact) mass is 351 g/mol. The molecule has 5 nitrogen and oxygen atoms in total. The fraction of sp³-hybridized carbons (Fsp3) is 0.176. The summed E-state index contributed by atoms with van der Waals surface area (Å²) in [6, 6.07) is 10.3. The van der Waals surface area contributed by atoms with Crippen LogP contribution >= 0.6 is 11.6 Å². The second-order valence-electron chi connectivity index (χ2n) is 4.92. The van der Waals surface area contributed by atoms with E-state index in [4.69, 9.17) is 21.1 Å². The highest BCUT2D eigenvalue weighted by atomic mass is 35.5. The maximum Gasteiger partial charge on any atom is 0.344 e. The molecule has 0 spiro atoms. The number of halogens is 2. The molecular formula is C17H15ClFNO4. The molecule has 0 fully saturated rings. The van der Waals surface area contributed by atoms with Crippen LogP contribution in [0.1, 0.15) is 5.56 Å². The largest absolute Gasteiger partial charge is 0.482 e. The second kappa shape index (κ2) is 8.31. The van der Waals surface area contributed by atoms with E-state index in [1.54, 1.807) is 18.2 Å². The summed E-state index contributed by atoms with van der Waals surface area (Å²) in [5, 5.41) is 3.09. The van der Waals surface area contributed by atoms with Gasteiger partial charge in [0.05, 0.1) is 0 Å². The minimum absolute atomic E-state index is 0.326. The Bertz CT molecular complexity index is 734. The number of anilines is 1. The molecule has 1 N–H and O–H groups in total. The number of ether oxygens (including phenoxy) is 2. The lowest BCUT2D eigenvalue weighted by Crippen LogP contribution is -2.23. The molecule has 0 aliphatic carbocycles. The Morgan fingerprint density at radius 1 is 1.12 bits per heavy atom. The molecule has 0 radical (unpaired) electrons. The Labute approximate surface area is 143 Å². The average molecular weight is 352 g/mol. The molecule has 24 heavy (non-hydrogen) atoms. The Kier molecular flexibility index (Phi) is 6.14. The van der Waals surface area contributed by atoms with Crippen molar-refractivity contribution in [2.24, 2.45) is 0 Å². The number of rotatable bonds is 6. The van der Waals surface area contributed by atoms with Gasteiger partial charge in [0.1, 0.15) is 11.6 Å². The van der Waals surface area contributed by atoms with Gasteiger partial charge >= 0.3 is 5.97 Å². The lowest BCUT2D eigenvalue weighted by Gasteiger charge is -2.08. The Morgan fingerprint density at radius 2 is 1.83 bits per heavy atom. The number of esters is 1. The number of hydrogen-bond donors (Lipinski definition) is 1. The van der Waals surface area contributed by atoms with Crippen LogP contribution in [-0.2, 0) is 14.3 Å². The molecule has 0 saturated carbocycles. The van der Waals surface area contributed by atoms with Crippen LogP contribution in [0.25, 0.3) is 0 Å². The normalized spacial score (nSPS) is 10.1. The third-order valence-electron chi connectivity index (χ3n) is 2.99. The van der Waals surface area contributed by atoms with Gasteiger partial charge in [-0.05, 0) is 48.9 Å². The number of nitrogens with one attached hydrogen (secondary N) is 1. The first-order valence-corrected chi connectivity index (χ1v) is 7.42. The van der Waals surface area contributed by atoms with Crippen molar-refractivity contribution in [3.05, 3.63) is 58.9 Å². The van der Waals surface area contributed by atoms with Crippen molar-refractivity contribution in [2.45, 2.75) is 6.92 Å². The standard InChI is InChI=1S/C17H15ClFNO4/c1-11-2-5-13(8-15(11)18)20-16(21)9-24-17(22)10-23-14-6-3-12(19)4-7-14/h2-8H,9-10H2,1H3,(H,20,21). The highest BCUT2D eigenvalue weighted by Crippen LogP contribution is 2.19. The quantitative estimate of drug-likeness (QED) is 0.811. The molecule has 2 rings (SSSR count). The first-order chi connectivity index (χ1) is 11.4. The molecule has 0 saturated heterocycles. The Hall–Kier alpha value is -2.60. The summed E-state index contributed by atoms with van der Waals surface area (Å²) in [4.78, 5) is 23.2. The molecule has 2 aromatic carbocycles. The van der Waals surface area contributed by atoms with E-state index in [0.717, 1.165) is 5.56 Å². The van der Waals surface area contributed by atoms with Gasteiger partial charge in [0, 0.05) is 10.7 Å². The molecule has 2 aromatic rings. The molecule has 7 heteroatoms. The van der Waals surface area contributed by atoms with Gasteiger partial charge in [-0.3, -0.25) is 4.79 Å². The van der Waals surface area contributed by atoms with Crippen molar-refractivity contribution in [3.63, 3.8) is 0 Å². The van der Waals surface area contributed by atoms with Crippen molar-refractivity contribution in [3.8, 4) is 5.75 Å². The predicted octanol–water partition coefficient (Wildman–Crippen LogP) is 3.35. The van der Waals surface area contributed by atoms with Crippen LogP contribution in [0.15, 0.2) is 42.5 Å². The van der Waals surface area contributed by atoms with Crippen molar-refractivity contribution >= 4 is 29.2 Å². The Morgan fingerprint density at radius 3 is 2.50 bits per heavy atom.